The molecule has 4 aromatic heterocycles. The van der Waals surface area contributed by atoms with Gasteiger partial charge >= 0.3 is 0 Å². The molecule has 51 heavy (non-hydrogen) atoms. The highest BCUT2D eigenvalue weighted by Crippen LogP contribution is 2.41. The van der Waals surface area contributed by atoms with Crippen molar-refractivity contribution in [3.05, 3.63) is 164 Å². The molecule has 11 aromatic rings. The number of fused-ring (bicyclic) bond motifs is 10. The molecule has 0 aliphatic carbocycles. The number of nitrogens with zero attached hydrogens (tertiary/aromatic N) is 5. The second-order valence-corrected chi connectivity index (χ2v) is 12.9. The van der Waals surface area contributed by atoms with Crippen LogP contribution < -0.4 is 0 Å². The molecule has 11 rings (SSSR count). The van der Waals surface area contributed by atoms with E-state index in [4.69, 9.17) is 19.4 Å². The van der Waals surface area contributed by atoms with Gasteiger partial charge in [0.05, 0.1) is 27.5 Å². The zero-order valence-electron chi connectivity index (χ0n) is 27.2. The van der Waals surface area contributed by atoms with Crippen LogP contribution in [0.2, 0.25) is 0 Å². The summed E-state index contributed by atoms with van der Waals surface area (Å²) in [5.41, 5.74) is 8.93. The first-order chi connectivity index (χ1) is 25.3. The molecule has 0 aliphatic rings. The van der Waals surface area contributed by atoms with Crippen molar-refractivity contribution >= 4 is 65.6 Å². The smallest absolute Gasteiger partial charge is 0.238 e. The molecule has 0 radical (unpaired) electrons. The second-order valence-electron chi connectivity index (χ2n) is 12.9. The Bertz CT molecular complexity index is 3140. The summed E-state index contributed by atoms with van der Waals surface area (Å²) >= 11 is 0. The molecule has 0 amide bonds. The number of hydrogen-bond acceptors (Lipinski definition) is 4. The maximum atomic E-state index is 6.37. The molecule has 0 saturated carbocycles. The van der Waals surface area contributed by atoms with E-state index in [0.29, 0.717) is 17.6 Å². The van der Waals surface area contributed by atoms with Crippen LogP contribution in [0.15, 0.2) is 168 Å². The standard InChI is InChI=1S/C45H27N5O/c1-3-13-28(14-4-1)43-46-44(29-23-25-38-35(27-29)32-18-8-10-20-36(32)49(38)30-15-5-2-6-16-30)48-45(47-43)50-37-21-11-7-17-31(37)33-24-26-40-41(42(33)50)34-19-9-12-22-39(34)51-40/h1-27H. The molecule has 0 fully saturated rings. The summed E-state index contributed by atoms with van der Waals surface area (Å²) in [7, 11) is 0. The van der Waals surface area contributed by atoms with Gasteiger partial charge in [-0.3, -0.25) is 4.57 Å². The third-order valence-electron chi connectivity index (χ3n) is 9.98. The highest BCUT2D eigenvalue weighted by atomic mass is 16.3. The third-order valence-corrected chi connectivity index (χ3v) is 9.98. The lowest BCUT2D eigenvalue weighted by Crippen LogP contribution is -2.06. The van der Waals surface area contributed by atoms with Gasteiger partial charge in [0.2, 0.25) is 5.95 Å². The van der Waals surface area contributed by atoms with Crippen molar-refractivity contribution in [3.63, 3.8) is 0 Å². The van der Waals surface area contributed by atoms with Crippen molar-refractivity contribution < 1.29 is 4.42 Å². The van der Waals surface area contributed by atoms with E-state index >= 15 is 0 Å². The zero-order chi connectivity index (χ0) is 33.5. The van der Waals surface area contributed by atoms with Gasteiger partial charge in [0, 0.05) is 43.7 Å². The first-order valence-corrected chi connectivity index (χ1v) is 17.0. The van der Waals surface area contributed by atoms with Crippen LogP contribution in [0, 0.1) is 0 Å². The number of benzene rings is 7. The summed E-state index contributed by atoms with van der Waals surface area (Å²) in [5.74, 6) is 1.76. The van der Waals surface area contributed by atoms with E-state index in [-0.39, 0.29) is 0 Å². The predicted molar refractivity (Wildman–Crippen MR) is 207 cm³/mol. The van der Waals surface area contributed by atoms with Crippen LogP contribution in [-0.4, -0.2) is 24.1 Å². The van der Waals surface area contributed by atoms with E-state index in [1.165, 1.54) is 5.39 Å². The lowest BCUT2D eigenvalue weighted by molar-refractivity contribution is 0.669. The Morgan fingerprint density at radius 2 is 1.00 bits per heavy atom. The number of rotatable bonds is 4. The molecule has 0 unspecified atom stereocenters. The van der Waals surface area contributed by atoms with Crippen LogP contribution >= 0.6 is 0 Å². The molecular formula is C45H27N5O. The van der Waals surface area contributed by atoms with E-state index in [9.17, 15) is 0 Å². The molecule has 4 heterocycles. The molecule has 6 nitrogen and oxygen atoms in total. The van der Waals surface area contributed by atoms with Gasteiger partial charge in [-0.2, -0.15) is 9.97 Å². The molecule has 0 saturated heterocycles. The maximum absolute atomic E-state index is 6.37. The van der Waals surface area contributed by atoms with Gasteiger partial charge < -0.3 is 8.98 Å². The van der Waals surface area contributed by atoms with Crippen LogP contribution in [0.4, 0.5) is 0 Å². The van der Waals surface area contributed by atoms with E-state index in [2.05, 4.69) is 130 Å². The quantitative estimate of drug-likeness (QED) is 0.190. The Morgan fingerprint density at radius 1 is 0.392 bits per heavy atom. The first-order valence-electron chi connectivity index (χ1n) is 17.0. The van der Waals surface area contributed by atoms with E-state index < -0.39 is 0 Å². The molecule has 6 heteroatoms. The molecule has 0 spiro atoms. The molecule has 0 aliphatic heterocycles. The van der Waals surface area contributed by atoms with Crippen molar-refractivity contribution in [3.8, 4) is 34.4 Å². The summed E-state index contributed by atoms with van der Waals surface area (Å²) in [6.45, 7) is 0. The van der Waals surface area contributed by atoms with Crippen molar-refractivity contribution in [2.75, 3.05) is 0 Å². The monoisotopic (exact) mass is 653 g/mol. The Hall–Kier alpha value is -7.05. The summed E-state index contributed by atoms with van der Waals surface area (Å²) < 4.78 is 10.9. The molecular weight excluding hydrogens is 627 g/mol. The fourth-order valence-electron chi connectivity index (χ4n) is 7.75. The summed E-state index contributed by atoms with van der Waals surface area (Å²) in [4.78, 5) is 15.6. The summed E-state index contributed by atoms with van der Waals surface area (Å²) in [6, 6.07) is 56.6. The molecule has 0 atom stereocenters. The average Bonchev–Trinajstić information content (AvgIpc) is 3.86. The van der Waals surface area contributed by atoms with Crippen LogP contribution in [0.3, 0.4) is 0 Å². The largest absolute Gasteiger partial charge is 0.456 e. The van der Waals surface area contributed by atoms with Gasteiger partial charge in [0.15, 0.2) is 11.6 Å². The van der Waals surface area contributed by atoms with Crippen LogP contribution in [0.1, 0.15) is 0 Å². The minimum absolute atomic E-state index is 0.551. The fourth-order valence-corrected chi connectivity index (χ4v) is 7.75. The fraction of sp³-hybridized carbons (Fsp3) is 0. The number of aromatic nitrogens is 5. The number of hydrogen-bond donors (Lipinski definition) is 0. The van der Waals surface area contributed by atoms with Gasteiger partial charge in [-0.15, -0.1) is 0 Å². The Morgan fingerprint density at radius 3 is 1.78 bits per heavy atom. The average molecular weight is 654 g/mol. The molecule has 7 aromatic carbocycles. The lowest BCUT2D eigenvalue weighted by Gasteiger charge is -2.12. The molecule has 0 N–H and O–H groups in total. The summed E-state index contributed by atoms with van der Waals surface area (Å²) in [5, 5.41) is 6.64. The van der Waals surface area contributed by atoms with Gasteiger partial charge in [-0.25, -0.2) is 4.98 Å². The highest BCUT2D eigenvalue weighted by Gasteiger charge is 2.22. The van der Waals surface area contributed by atoms with Gasteiger partial charge in [0.25, 0.3) is 0 Å². The van der Waals surface area contributed by atoms with Gasteiger partial charge in [0.1, 0.15) is 11.2 Å². The second kappa shape index (κ2) is 10.7. The maximum Gasteiger partial charge on any atom is 0.238 e. The minimum atomic E-state index is 0.551. The normalized spacial score (nSPS) is 11.9. The van der Waals surface area contributed by atoms with Crippen LogP contribution in [-0.2, 0) is 0 Å². The van der Waals surface area contributed by atoms with Crippen LogP contribution in [0.5, 0.6) is 0 Å². The summed E-state index contributed by atoms with van der Waals surface area (Å²) in [6.07, 6.45) is 0. The van der Waals surface area contributed by atoms with Gasteiger partial charge in [-0.1, -0.05) is 103 Å². The Balaban J connectivity index is 1.22. The highest BCUT2D eigenvalue weighted by molar-refractivity contribution is 6.24. The van der Waals surface area contributed by atoms with Gasteiger partial charge in [-0.05, 0) is 60.7 Å². The van der Waals surface area contributed by atoms with Crippen LogP contribution in [0.25, 0.3) is 100.0 Å². The molecule has 238 valence electrons. The zero-order valence-corrected chi connectivity index (χ0v) is 27.2. The van der Waals surface area contributed by atoms with Crippen molar-refractivity contribution in [2.24, 2.45) is 0 Å². The van der Waals surface area contributed by atoms with E-state index in [1.807, 2.05) is 42.5 Å². The number of para-hydroxylation sites is 4. The number of furan rings is 1. The molecule has 0 bridgehead atoms. The van der Waals surface area contributed by atoms with Crippen molar-refractivity contribution in [1.82, 2.24) is 24.1 Å². The van der Waals surface area contributed by atoms with Crippen molar-refractivity contribution in [1.29, 1.82) is 0 Å². The minimum Gasteiger partial charge on any atom is -0.456 e. The Labute approximate surface area is 291 Å². The SMILES string of the molecule is c1ccc(-c2nc(-c3ccc4c(c3)c3ccccc3n4-c3ccccc3)nc(-n3c4ccccc4c4ccc5oc6ccccc6c5c43)n2)cc1. The lowest BCUT2D eigenvalue weighted by atomic mass is 10.1. The van der Waals surface area contributed by atoms with E-state index in [1.54, 1.807) is 0 Å². The van der Waals surface area contributed by atoms with E-state index in [0.717, 1.165) is 77.0 Å². The topological polar surface area (TPSA) is 61.7 Å². The Kier molecular flexibility index (Phi) is 5.86. The van der Waals surface area contributed by atoms with Crippen molar-refractivity contribution in [2.45, 2.75) is 0 Å². The third kappa shape index (κ3) is 4.14. The predicted octanol–water partition coefficient (Wildman–Crippen LogP) is 11.3. The first kappa shape index (κ1) is 27.9.